The maximum absolute atomic E-state index is 12.8. The molecule has 0 heterocycles. The fourth-order valence-electron chi connectivity index (χ4n) is 2.68. The molecule has 7 heteroatoms. The van der Waals surface area contributed by atoms with Crippen molar-refractivity contribution >= 4 is 29.1 Å². The number of nitrogens with one attached hydrogen (secondary N) is 1. The summed E-state index contributed by atoms with van der Waals surface area (Å²) in [6.45, 7) is 2.70. The Labute approximate surface area is 165 Å². The van der Waals surface area contributed by atoms with Gasteiger partial charge in [0, 0.05) is 56.1 Å². The van der Waals surface area contributed by atoms with E-state index in [1.165, 1.54) is 0 Å². The number of benzene rings is 2. The second kappa shape index (κ2) is 9.55. The maximum Gasteiger partial charge on any atom is 0.253 e. The van der Waals surface area contributed by atoms with Crippen LogP contribution in [0.1, 0.15) is 34.1 Å². The highest BCUT2D eigenvalue weighted by Gasteiger charge is 2.16. The molecule has 148 valence electrons. The molecule has 0 spiro atoms. The molecule has 2 aromatic rings. The second-order valence-electron chi connectivity index (χ2n) is 6.57. The van der Waals surface area contributed by atoms with Crippen molar-refractivity contribution in [3.8, 4) is 0 Å². The highest BCUT2D eigenvalue weighted by atomic mass is 16.2. The van der Waals surface area contributed by atoms with Crippen LogP contribution < -0.4 is 16.0 Å². The zero-order valence-corrected chi connectivity index (χ0v) is 16.4. The molecule has 0 aliphatic heterocycles. The van der Waals surface area contributed by atoms with Crippen LogP contribution in [-0.2, 0) is 4.79 Å². The Morgan fingerprint density at radius 3 is 2.25 bits per heavy atom. The normalized spacial score (nSPS) is 10.2. The molecule has 0 unspecified atom stereocenters. The topological polar surface area (TPSA) is 95.7 Å². The third kappa shape index (κ3) is 5.57. The van der Waals surface area contributed by atoms with Gasteiger partial charge in [-0.25, -0.2) is 0 Å². The molecule has 0 radical (unpaired) electrons. The van der Waals surface area contributed by atoms with Crippen molar-refractivity contribution in [2.45, 2.75) is 13.3 Å². The Kier molecular flexibility index (Phi) is 7.14. The number of hydrogen-bond donors (Lipinski definition) is 2. The van der Waals surface area contributed by atoms with Gasteiger partial charge in [-0.05, 0) is 49.4 Å². The van der Waals surface area contributed by atoms with Crippen molar-refractivity contribution in [2.24, 2.45) is 5.73 Å². The van der Waals surface area contributed by atoms with Gasteiger partial charge in [-0.2, -0.15) is 0 Å². The van der Waals surface area contributed by atoms with Crippen molar-refractivity contribution in [2.75, 3.05) is 37.4 Å². The van der Waals surface area contributed by atoms with Gasteiger partial charge < -0.3 is 20.9 Å². The van der Waals surface area contributed by atoms with E-state index in [-0.39, 0.29) is 18.2 Å². The Balaban J connectivity index is 1.95. The summed E-state index contributed by atoms with van der Waals surface area (Å²) in [5.74, 6) is -0.835. The lowest BCUT2D eigenvalue weighted by molar-refractivity contribution is -0.116. The van der Waals surface area contributed by atoms with Crippen LogP contribution in [0, 0.1) is 0 Å². The summed E-state index contributed by atoms with van der Waals surface area (Å²) in [6.07, 6.45) is 0.171. The van der Waals surface area contributed by atoms with Gasteiger partial charge in [0.25, 0.3) is 5.91 Å². The highest BCUT2D eigenvalue weighted by molar-refractivity contribution is 5.96. The molecule has 2 rings (SSSR count). The van der Waals surface area contributed by atoms with E-state index >= 15 is 0 Å². The first kappa shape index (κ1) is 21.0. The largest absolute Gasteiger partial charge is 0.378 e. The van der Waals surface area contributed by atoms with Gasteiger partial charge in [0.1, 0.15) is 0 Å². The summed E-state index contributed by atoms with van der Waals surface area (Å²) in [5.41, 5.74) is 7.68. The van der Waals surface area contributed by atoms with Crippen LogP contribution in [0.3, 0.4) is 0 Å². The first-order valence-electron chi connectivity index (χ1n) is 9.08. The Morgan fingerprint density at radius 1 is 1.00 bits per heavy atom. The van der Waals surface area contributed by atoms with Crippen molar-refractivity contribution in [1.29, 1.82) is 0 Å². The van der Waals surface area contributed by atoms with Gasteiger partial charge in [0.2, 0.25) is 11.8 Å². The van der Waals surface area contributed by atoms with Crippen molar-refractivity contribution in [1.82, 2.24) is 4.90 Å². The maximum atomic E-state index is 12.8. The van der Waals surface area contributed by atoms with E-state index in [4.69, 9.17) is 5.73 Å². The predicted octanol–water partition coefficient (Wildman–Crippen LogP) is 2.34. The van der Waals surface area contributed by atoms with Crippen molar-refractivity contribution in [3.63, 3.8) is 0 Å². The number of rotatable bonds is 8. The number of carbonyl (C=O) groups excluding carboxylic acids is 3. The molecule has 0 aliphatic rings. The Morgan fingerprint density at radius 2 is 1.68 bits per heavy atom. The van der Waals surface area contributed by atoms with Crippen LogP contribution >= 0.6 is 0 Å². The average molecular weight is 382 g/mol. The smallest absolute Gasteiger partial charge is 0.253 e. The quantitative estimate of drug-likeness (QED) is 0.732. The highest BCUT2D eigenvalue weighted by Crippen LogP contribution is 2.15. The van der Waals surface area contributed by atoms with Crippen molar-refractivity contribution < 1.29 is 14.4 Å². The van der Waals surface area contributed by atoms with E-state index in [1.54, 1.807) is 35.2 Å². The van der Waals surface area contributed by atoms with Crippen LogP contribution in [0.15, 0.2) is 48.5 Å². The summed E-state index contributed by atoms with van der Waals surface area (Å²) in [7, 11) is 3.84. The number of hydrogen-bond acceptors (Lipinski definition) is 4. The number of amides is 3. The SMILES string of the molecule is CCN(CCC(=O)Nc1ccc(C(N)=O)cc1)C(=O)c1cccc(N(C)C)c1. The molecule has 3 N–H and O–H groups in total. The van der Waals surface area contributed by atoms with E-state index in [0.717, 1.165) is 5.69 Å². The van der Waals surface area contributed by atoms with Gasteiger partial charge in [-0.3, -0.25) is 14.4 Å². The van der Waals surface area contributed by atoms with Crippen LogP contribution in [0.2, 0.25) is 0 Å². The Hall–Kier alpha value is -3.35. The van der Waals surface area contributed by atoms with E-state index in [0.29, 0.717) is 29.9 Å². The van der Waals surface area contributed by atoms with Crippen LogP contribution in [0.4, 0.5) is 11.4 Å². The standard InChI is InChI=1S/C21H26N4O3/c1-4-25(21(28)16-6-5-7-18(14-16)24(2)3)13-12-19(26)23-17-10-8-15(9-11-17)20(22)27/h5-11,14H,4,12-13H2,1-3H3,(H2,22,27)(H,23,26). The van der Waals surface area contributed by atoms with Gasteiger partial charge in [0.15, 0.2) is 0 Å². The predicted molar refractivity (Wildman–Crippen MR) is 111 cm³/mol. The molecular weight excluding hydrogens is 356 g/mol. The second-order valence-corrected chi connectivity index (χ2v) is 6.57. The monoisotopic (exact) mass is 382 g/mol. The minimum atomic E-state index is -0.520. The van der Waals surface area contributed by atoms with E-state index in [1.807, 2.05) is 44.1 Å². The van der Waals surface area contributed by atoms with Gasteiger partial charge >= 0.3 is 0 Å². The molecule has 0 fully saturated rings. The summed E-state index contributed by atoms with van der Waals surface area (Å²) in [4.78, 5) is 39.6. The van der Waals surface area contributed by atoms with Crippen LogP contribution in [-0.4, -0.2) is 49.8 Å². The summed E-state index contributed by atoms with van der Waals surface area (Å²) in [6, 6.07) is 13.7. The average Bonchev–Trinajstić information content (AvgIpc) is 2.68. The molecule has 0 bridgehead atoms. The molecule has 0 atom stereocenters. The summed E-state index contributed by atoms with van der Waals surface area (Å²) in [5, 5.41) is 2.75. The lowest BCUT2D eigenvalue weighted by Crippen LogP contribution is -2.33. The van der Waals surface area contributed by atoms with Gasteiger partial charge in [0.05, 0.1) is 0 Å². The number of carbonyl (C=O) groups is 3. The lowest BCUT2D eigenvalue weighted by Gasteiger charge is -2.22. The fraction of sp³-hybridized carbons (Fsp3) is 0.286. The zero-order chi connectivity index (χ0) is 20.7. The lowest BCUT2D eigenvalue weighted by atomic mass is 10.1. The number of anilines is 2. The van der Waals surface area contributed by atoms with E-state index in [2.05, 4.69) is 5.32 Å². The molecule has 3 amide bonds. The molecule has 28 heavy (non-hydrogen) atoms. The fourth-order valence-corrected chi connectivity index (χ4v) is 2.68. The molecule has 0 saturated heterocycles. The summed E-state index contributed by atoms with van der Waals surface area (Å²) < 4.78 is 0. The zero-order valence-electron chi connectivity index (χ0n) is 16.4. The van der Waals surface area contributed by atoms with Crippen molar-refractivity contribution in [3.05, 3.63) is 59.7 Å². The third-order valence-electron chi connectivity index (χ3n) is 4.34. The molecule has 0 aromatic heterocycles. The number of nitrogens with two attached hydrogens (primary N) is 1. The van der Waals surface area contributed by atoms with E-state index < -0.39 is 5.91 Å². The molecular formula is C21H26N4O3. The summed E-state index contributed by atoms with van der Waals surface area (Å²) >= 11 is 0. The first-order valence-corrected chi connectivity index (χ1v) is 9.08. The molecule has 0 saturated carbocycles. The number of primary amides is 1. The molecule has 7 nitrogen and oxygen atoms in total. The molecule has 2 aromatic carbocycles. The van der Waals surface area contributed by atoms with Gasteiger partial charge in [-0.1, -0.05) is 6.07 Å². The first-order chi connectivity index (χ1) is 13.3. The van der Waals surface area contributed by atoms with E-state index in [9.17, 15) is 14.4 Å². The minimum absolute atomic E-state index is 0.107. The van der Waals surface area contributed by atoms with Crippen LogP contribution in [0.5, 0.6) is 0 Å². The molecule has 0 aliphatic carbocycles. The van der Waals surface area contributed by atoms with Crippen LogP contribution in [0.25, 0.3) is 0 Å². The Bertz CT molecular complexity index is 847. The third-order valence-corrected chi connectivity index (χ3v) is 4.34. The number of nitrogens with zero attached hydrogens (tertiary/aromatic N) is 2. The minimum Gasteiger partial charge on any atom is -0.378 e. The van der Waals surface area contributed by atoms with Gasteiger partial charge in [-0.15, -0.1) is 0 Å².